The van der Waals surface area contributed by atoms with Crippen molar-refractivity contribution in [3.63, 3.8) is 0 Å². The molecule has 0 aliphatic heterocycles. The Morgan fingerprint density at radius 3 is 2.95 bits per heavy atom. The summed E-state index contributed by atoms with van der Waals surface area (Å²) < 4.78 is 0.690. The van der Waals surface area contributed by atoms with Gasteiger partial charge in [-0.15, -0.1) is 11.3 Å². The van der Waals surface area contributed by atoms with Gasteiger partial charge >= 0.3 is 0 Å². The Balaban J connectivity index is 1.54. The molecule has 1 aliphatic rings. The third-order valence-corrected chi connectivity index (χ3v) is 5.23. The number of benzene rings is 1. The number of aromatic nitrogens is 1. The number of amides is 1. The zero-order chi connectivity index (χ0) is 15.3. The molecule has 0 fully saturated rings. The number of fused-ring (bicyclic) bond motifs is 2. The van der Waals surface area contributed by atoms with Crippen molar-refractivity contribution in [3.8, 4) is 0 Å². The van der Waals surface area contributed by atoms with Crippen LogP contribution in [0.1, 0.15) is 27.7 Å². The molecule has 6 heteroatoms. The van der Waals surface area contributed by atoms with Gasteiger partial charge in [-0.25, -0.2) is 0 Å². The molecular formula is C16H13ClN2O2S. The smallest absolute Gasteiger partial charge is 0.268 e. The number of aliphatic hydroxyl groups is 1. The highest BCUT2D eigenvalue weighted by molar-refractivity contribution is 7.22. The number of nitrogens with one attached hydrogen (secondary N) is 2. The highest BCUT2D eigenvalue weighted by atomic mass is 35.5. The number of halogens is 1. The standard InChI is InChI=1S/C16H13ClN2O2S/c17-13-7-9-6-12(19-16(9)22-13)15(21)18-11-5-8-3-1-2-4-10(8)14(11)20/h1-4,6-7,11,14,19-20H,5H2,(H,18,21)/t11-,14-/m1/s1. The quantitative estimate of drug-likeness (QED) is 0.674. The molecule has 1 amide bonds. The van der Waals surface area contributed by atoms with E-state index in [-0.39, 0.29) is 11.9 Å². The number of rotatable bonds is 2. The normalized spacial score (nSPS) is 20.3. The van der Waals surface area contributed by atoms with Gasteiger partial charge in [0.1, 0.15) is 10.5 Å². The van der Waals surface area contributed by atoms with Crippen LogP contribution in [0, 0.1) is 0 Å². The van der Waals surface area contributed by atoms with E-state index in [0.29, 0.717) is 16.5 Å². The van der Waals surface area contributed by atoms with Gasteiger partial charge in [0, 0.05) is 5.39 Å². The number of aliphatic hydroxyl groups excluding tert-OH is 1. The van der Waals surface area contributed by atoms with Crippen molar-refractivity contribution in [1.29, 1.82) is 0 Å². The monoisotopic (exact) mass is 332 g/mol. The molecule has 0 radical (unpaired) electrons. The van der Waals surface area contributed by atoms with E-state index in [1.54, 1.807) is 6.07 Å². The predicted octanol–water partition coefficient (Wildman–Crippen LogP) is 3.27. The third kappa shape index (κ3) is 2.22. The van der Waals surface area contributed by atoms with E-state index in [4.69, 9.17) is 11.6 Å². The Kier molecular flexibility index (Phi) is 3.22. The summed E-state index contributed by atoms with van der Waals surface area (Å²) in [5.41, 5.74) is 2.47. The number of aromatic amines is 1. The second kappa shape index (κ2) is 5.12. The zero-order valence-electron chi connectivity index (χ0n) is 11.5. The first kappa shape index (κ1) is 13.8. The predicted molar refractivity (Wildman–Crippen MR) is 87.5 cm³/mol. The van der Waals surface area contributed by atoms with E-state index < -0.39 is 6.10 Å². The van der Waals surface area contributed by atoms with Gasteiger partial charge in [-0.05, 0) is 29.7 Å². The Labute approximate surface area is 135 Å². The van der Waals surface area contributed by atoms with Crippen LogP contribution in [0.15, 0.2) is 36.4 Å². The summed E-state index contributed by atoms with van der Waals surface area (Å²) in [6.45, 7) is 0. The van der Waals surface area contributed by atoms with Crippen molar-refractivity contribution in [2.45, 2.75) is 18.6 Å². The average molecular weight is 333 g/mol. The van der Waals surface area contributed by atoms with Crippen LogP contribution in [0.4, 0.5) is 0 Å². The van der Waals surface area contributed by atoms with Crippen molar-refractivity contribution < 1.29 is 9.90 Å². The highest BCUT2D eigenvalue weighted by Crippen LogP contribution is 2.32. The summed E-state index contributed by atoms with van der Waals surface area (Å²) in [5.74, 6) is -0.212. The number of carbonyl (C=O) groups is 1. The molecular weight excluding hydrogens is 320 g/mol. The lowest BCUT2D eigenvalue weighted by Gasteiger charge is -2.16. The van der Waals surface area contributed by atoms with Crippen LogP contribution in [-0.2, 0) is 6.42 Å². The number of H-pyrrole nitrogens is 1. The highest BCUT2D eigenvalue weighted by Gasteiger charge is 2.32. The van der Waals surface area contributed by atoms with Gasteiger partial charge in [0.25, 0.3) is 5.91 Å². The van der Waals surface area contributed by atoms with E-state index in [1.807, 2.05) is 30.3 Å². The minimum atomic E-state index is -0.661. The SMILES string of the molecule is O=C(N[C@@H]1Cc2ccccc2[C@H]1O)c1cc2cc(Cl)sc2[nH]1. The average Bonchev–Trinajstić information content (AvgIpc) is 3.12. The summed E-state index contributed by atoms with van der Waals surface area (Å²) in [6, 6.07) is 11.0. The van der Waals surface area contributed by atoms with Crippen LogP contribution in [0.5, 0.6) is 0 Å². The summed E-state index contributed by atoms with van der Waals surface area (Å²) in [4.78, 5) is 16.3. The molecule has 1 aliphatic carbocycles. The molecule has 3 aromatic rings. The fraction of sp³-hybridized carbons (Fsp3) is 0.188. The lowest BCUT2D eigenvalue weighted by atomic mass is 10.1. The van der Waals surface area contributed by atoms with Gasteiger partial charge in [-0.3, -0.25) is 4.79 Å². The first-order valence-corrected chi connectivity index (χ1v) is 8.16. The molecule has 0 saturated carbocycles. The van der Waals surface area contributed by atoms with Crippen molar-refractivity contribution in [2.24, 2.45) is 0 Å². The van der Waals surface area contributed by atoms with Crippen LogP contribution in [0.3, 0.4) is 0 Å². The zero-order valence-corrected chi connectivity index (χ0v) is 13.0. The summed E-state index contributed by atoms with van der Waals surface area (Å²) in [6.07, 6.45) is -0.0186. The summed E-state index contributed by atoms with van der Waals surface area (Å²) >= 11 is 7.33. The van der Waals surface area contributed by atoms with Crippen LogP contribution >= 0.6 is 22.9 Å². The fourth-order valence-electron chi connectivity index (χ4n) is 2.96. The van der Waals surface area contributed by atoms with Crippen LogP contribution in [0.25, 0.3) is 10.2 Å². The van der Waals surface area contributed by atoms with Crippen molar-refractivity contribution in [3.05, 3.63) is 57.6 Å². The van der Waals surface area contributed by atoms with E-state index in [0.717, 1.165) is 21.3 Å². The minimum Gasteiger partial charge on any atom is -0.386 e. The largest absolute Gasteiger partial charge is 0.386 e. The molecule has 1 aromatic carbocycles. The van der Waals surface area contributed by atoms with E-state index >= 15 is 0 Å². The molecule has 3 N–H and O–H groups in total. The first-order chi connectivity index (χ1) is 10.6. The number of hydrogen-bond acceptors (Lipinski definition) is 3. The van der Waals surface area contributed by atoms with Crippen molar-refractivity contribution >= 4 is 39.1 Å². The Morgan fingerprint density at radius 2 is 2.18 bits per heavy atom. The molecule has 2 aromatic heterocycles. The Bertz CT molecular complexity index is 839. The van der Waals surface area contributed by atoms with Gasteiger partial charge in [0.2, 0.25) is 0 Å². The number of hydrogen-bond donors (Lipinski definition) is 3. The van der Waals surface area contributed by atoms with Gasteiger partial charge < -0.3 is 15.4 Å². The molecule has 0 spiro atoms. The number of thiophene rings is 1. The van der Waals surface area contributed by atoms with Crippen LogP contribution in [-0.4, -0.2) is 22.0 Å². The van der Waals surface area contributed by atoms with Crippen LogP contribution < -0.4 is 5.32 Å². The van der Waals surface area contributed by atoms with E-state index in [2.05, 4.69) is 10.3 Å². The second-order valence-corrected chi connectivity index (χ2v) is 7.13. The minimum absolute atomic E-state index is 0.212. The molecule has 0 unspecified atom stereocenters. The molecule has 4 nitrogen and oxygen atoms in total. The second-order valence-electron chi connectivity index (χ2n) is 5.45. The molecule has 0 bridgehead atoms. The number of carbonyl (C=O) groups excluding carboxylic acids is 1. The third-order valence-electron chi connectivity index (χ3n) is 4.03. The maximum atomic E-state index is 12.4. The maximum Gasteiger partial charge on any atom is 0.268 e. The van der Waals surface area contributed by atoms with E-state index in [1.165, 1.54) is 11.3 Å². The van der Waals surface area contributed by atoms with Gasteiger partial charge in [-0.1, -0.05) is 35.9 Å². The lowest BCUT2D eigenvalue weighted by Crippen LogP contribution is -2.37. The Morgan fingerprint density at radius 1 is 1.36 bits per heavy atom. The van der Waals surface area contributed by atoms with Crippen molar-refractivity contribution in [1.82, 2.24) is 10.3 Å². The molecule has 2 heterocycles. The van der Waals surface area contributed by atoms with Crippen LogP contribution in [0.2, 0.25) is 4.34 Å². The molecule has 112 valence electrons. The fourth-order valence-corrected chi connectivity index (χ4v) is 4.09. The molecule has 0 saturated heterocycles. The van der Waals surface area contributed by atoms with Gasteiger partial charge in [-0.2, -0.15) is 0 Å². The van der Waals surface area contributed by atoms with E-state index in [9.17, 15) is 9.90 Å². The van der Waals surface area contributed by atoms with Gasteiger partial charge in [0.05, 0.1) is 16.5 Å². The molecule has 2 atom stereocenters. The lowest BCUT2D eigenvalue weighted by molar-refractivity contribution is 0.0854. The summed E-state index contributed by atoms with van der Waals surface area (Å²) in [7, 11) is 0. The Hall–Kier alpha value is -1.82. The molecule has 4 rings (SSSR count). The summed E-state index contributed by atoms with van der Waals surface area (Å²) in [5, 5.41) is 14.2. The topological polar surface area (TPSA) is 65.1 Å². The van der Waals surface area contributed by atoms with Gasteiger partial charge in [0.15, 0.2) is 0 Å². The first-order valence-electron chi connectivity index (χ1n) is 6.96. The maximum absolute atomic E-state index is 12.4. The molecule has 22 heavy (non-hydrogen) atoms. The van der Waals surface area contributed by atoms with Crippen molar-refractivity contribution in [2.75, 3.05) is 0 Å².